The molecule has 32 heavy (non-hydrogen) atoms. The van der Waals surface area contributed by atoms with Gasteiger partial charge in [0.05, 0.1) is 26.6 Å². The van der Waals surface area contributed by atoms with Gasteiger partial charge in [-0.3, -0.25) is 25.7 Å². The molecule has 3 aromatic rings. The maximum atomic E-state index is 11.4. The zero-order valence-corrected chi connectivity index (χ0v) is 17.1. The van der Waals surface area contributed by atoms with E-state index in [0.29, 0.717) is 46.6 Å². The number of rotatable bonds is 6. The molecule has 10 nitrogen and oxygen atoms in total. The molecule has 1 aliphatic rings. The molecule has 0 spiro atoms. The second-order valence-corrected chi connectivity index (χ2v) is 7.03. The summed E-state index contributed by atoms with van der Waals surface area (Å²) in [5.74, 6) is 1.13. The van der Waals surface area contributed by atoms with E-state index in [1.165, 1.54) is 6.07 Å². The summed E-state index contributed by atoms with van der Waals surface area (Å²) in [5, 5.41) is 27.2. The van der Waals surface area contributed by atoms with Gasteiger partial charge in [0.15, 0.2) is 11.5 Å². The number of nitro groups is 2. The van der Waals surface area contributed by atoms with E-state index in [4.69, 9.17) is 21.1 Å². The molecule has 0 amide bonds. The molecule has 0 saturated heterocycles. The maximum Gasteiger partial charge on any atom is 0.301 e. The molecule has 3 aromatic carbocycles. The first-order valence-electron chi connectivity index (χ1n) is 9.35. The normalized spacial score (nSPS) is 12.8. The quantitative estimate of drug-likeness (QED) is 0.322. The molecule has 1 heterocycles. The Balaban J connectivity index is 1.79. The third-order valence-electron chi connectivity index (χ3n) is 4.62. The van der Waals surface area contributed by atoms with Gasteiger partial charge in [-0.15, -0.1) is 0 Å². The van der Waals surface area contributed by atoms with E-state index in [-0.39, 0.29) is 5.69 Å². The number of hydrogen-bond donors (Lipinski definition) is 1. The van der Waals surface area contributed by atoms with Crippen molar-refractivity contribution in [2.24, 2.45) is 5.10 Å². The molecule has 1 aliphatic heterocycles. The van der Waals surface area contributed by atoms with Crippen LogP contribution in [-0.2, 0) is 0 Å². The Bertz CT molecular complexity index is 1250. The highest BCUT2D eigenvalue weighted by atomic mass is 35.5. The molecule has 0 atom stereocenters. The molecule has 0 unspecified atom stereocenters. The van der Waals surface area contributed by atoms with Gasteiger partial charge in [-0.1, -0.05) is 29.8 Å². The zero-order chi connectivity index (χ0) is 22.7. The van der Waals surface area contributed by atoms with Crippen molar-refractivity contribution in [3.63, 3.8) is 0 Å². The minimum Gasteiger partial charge on any atom is -0.486 e. The van der Waals surface area contributed by atoms with Crippen LogP contribution in [0.4, 0.5) is 17.1 Å². The summed E-state index contributed by atoms with van der Waals surface area (Å²) in [4.78, 5) is 21.0. The Labute approximate surface area is 186 Å². The Morgan fingerprint density at radius 3 is 2.41 bits per heavy atom. The van der Waals surface area contributed by atoms with E-state index in [1.54, 1.807) is 42.5 Å². The second-order valence-electron chi connectivity index (χ2n) is 6.63. The molecular weight excluding hydrogens is 440 g/mol. The molecule has 0 radical (unpaired) electrons. The molecule has 11 heteroatoms. The van der Waals surface area contributed by atoms with Crippen molar-refractivity contribution in [3.8, 4) is 11.5 Å². The lowest BCUT2D eigenvalue weighted by Gasteiger charge is -2.19. The van der Waals surface area contributed by atoms with Crippen molar-refractivity contribution in [2.45, 2.75) is 0 Å². The molecule has 4 rings (SSSR count). The first-order chi connectivity index (χ1) is 15.4. The van der Waals surface area contributed by atoms with Crippen molar-refractivity contribution in [2.75, 3.05) is 18.6 Å². The first-order valence-corrected chi connectivity index (χ1v) is 9.73. The topological polar surface area (TPSA) is 129 Å². The molecule has 0 bridgehead atoms. The third kappa shape index (κ3) is 4.30. The molecule has 162 valence electrons. The van der Waals surface area contributed by atoms with Gasteiger partial charge < -0.3 is 9.47 Å². The smallest absolute Gasteiger partial charge is 0.301 e. The van der Waals surface area contributed by atoms with Gasteiger partial charge in [-0.05, 0) is 30.3 Å². The van der Waals surface area contributed by atoms with Gasteiger partial charge in [-0.2, -0.15) is 5.10 Å². The van der Waals surface area contributed by atoms with E-state index >= 15 is 0 Å². The number of nitrogens with zero attached hydrogens (tertiary/aromatic N) is 3. The summed E-state index contributed by atoms with van der Waals surface area (Å²) in [6.07, 6.45) is 0. The third-order valence-corrected chi connectivity index (χ3v) is 4.95. The SMILES string of the molecule is O=[N+]([O-])c1ccc(N/N=C(/c2ccc3c(c2)OCCO3)c2ccccc2Cl)c([N+](=O)[O-])c1. The summed E-state index contributed by atoms with van der Waals surface area (Å²) in [5.41, 5.74) is 3.35. The number of halogens is 1. The van der Waals surface area contributed by atoms with Crippen molar-refractivity contribution in [3.05, 3.63) is 97.0 Å². The lowest BCUT2D eigenvalue weighted by Crippen LogP contribution is -2.16. The summed E-state index contributed by atoms with van der Waals surface area (Å²) >= 11 is 6.38. The van der Waals surface area contributed by atoms with Crippen LogP contribution in [0, 0.1) is 20.2 Å². The van der Waals surface area contributed by atoms with Crippen LogP contribution in [0.15, 0.2) is 65.8 Å². The second kappa shape index (κ2) is 8.90. The lowest BCUT2D eigenvalue weighted by atomic mass is 10.0. The number of anilines is 1. The largest absolute Gasteiger partial charge is 0.486 e. The fourth-order valence-corrected chi connectivity index (χ4v) is 3.34. The Morgan fingerprint density at radius 1 is 0.938 bits per heavy atom. The number of hydrogen-bond acceptors (Lipinski definition) is 8. The predicted molar refractivity (Wildman–Crippen MR) is 118 cm³/mol. The van der Waals surface area contributed by atoms with Crippen molar-refractivity contribution < 1.29 is 19.3 Å². The number of benzene rings is 3. The number of nitro benzene ring substituents is 2. The number of non-ortho nitro benzene ring substituents is 1. The Kier molecular flexibility index (Phi) is 5.86. The molecule has 0 fully saturated rings. The van der Waals surface area contributed by atoms with Crippen LogP contribution >= 0.6 is 11.6 Å². The molecule has 1 N–H and O–H groups in total. The monoisotopic (exact) mass is 454 g/mol. The number of fused-ring (bicyclic) bond motifs is 1. The van der Waals surface area contributed by atoms with E-state index in [2.05, 4.69) is 10.5 Å². The highest BCUT2D eigenvalue weighted by Crippen LogP contribution is 2.33. The zero-order valence-electron chi connectivity index (χ0n) is 16.4. The lowest BCUT2D eigenvalue weighted by molar-refractivity contribution is -0.393. The highest BCUT2D eigenvalue weighted by molar-refractivity contribution is 6.35. The summed E-state index contributed by atoms with van der Waals surface area (Å²) in [6, 6.07) is 15.5. The van der Waals surface area contributed by atoms with E-state index < -0.39 is 21.2 Å². The highest BCUT2D eigenvalue weighted by Gasteiger charge is 2.21. The molecular formula is C21H15ClN4O6. The Morgan fingerprint density at radius 2 is 1.69 bits per heavy atom. The van der Waals surface area contributed by atoms with Gasteiger partial charge in [0.1, 0.15) is 18.9 Å². The summed E-state index contributed by atoms with van der Waals surface area (Å²) < 4.78 is 11.2. The van der Waals surface area contributed by atoms with Gasteiger partial charge in [0.25, 0.3) is 5.69 Å². The predicted octanol–water partition coefficient (Wildman–Crippen LogP) is 4.79. The Hall–Kier alpha value is -4.18. The van der Waals surface area contributed by atoms with Gasteiger partial charge in [0.2, 0.25) is 0 Å². The van der Waals surface area contributed by atoms with Crippen LogP contribution < -0.4 is 14.9 Å². The summed E-state index contributed by atoms with van der Waals surface area (Å²) in [7, 11) is 0. The molecule has 0 aromatic heterocycles. The minimum atomic E-state index is -0.718. The van der Waals surface area contributed by atoms with Gasteiger partial charge in [-0.25, -0.2) is 0 Å². The maximum absolute atomic E-state index is 11.4. The van der Waals surface area contributed by atoms with Crippen LogP contribution in [0.1, 0.15) is 11.1 Å². The number of ether oxygens (including phenoxy) is 2. The average Bonchev–Trinajstić information content (AvgIpc) is 2.80. The first kappa shape index (κ1) is 21.1. The van der Waals surface area contributed by atoms with Crippen molar-refractivity contribution in [1.29, 1.82) is 0 Å². The van der Waals surface area contributed by atoms with Crippen molar-refractivity contribution in [1.82, 2.24) is 0 Å². The summed E-state index contributed by atoms with van der Waals surface area (Å²) in [6.45, 7) is 0.853. The van der Waals surface area contributed by atoms with E-state index in [9.17, 15) is 20.2 Å². The van der Waals surface area contributed by atoms with Crippen LogP contribution in [0.2, 0.25) is 5.02 Å². The minimum absolute atomic E-state index is 0.0114. The molecule has 0 saturated carbocycles. The fraction of sp³-hybridized carbons (Fsp3) is 0.0952. The number of hydrazone groups is 1. The average molecular weight is 455 g/mol. The van der Waals surface area contributed by atoms with Crippen LogP contribution in [-0.4, -0.2) is 28.8 Å². The number of nitrogens with one attached hydrogen (secondary N) is 1. The van der Waals surface area contributed by atoms with Gasteiger partial charge >= 0.3 is 5.69 Å². The van der Waals surface area contributed by atoms with Crippen molar-refractivity contribution >= 4 is 34.4 Å². The standard InChI is InChI=1S/C21H15ClN4O6/c22-16-4-2-1-3-15(16)21(13-5-8-19-20(11-13)32-10-9-31-19)24-23-17-7-6-14(25(27)28)12-18(17)26(29)30/h1-8,11-12,23H,9-10H2/b24-21-. The van der Waals surface area contributed by atoms with Crippen LogP contribution in [0.5, 0.6) is 11.5 Å². The van der Waals surface area contributed by atoms with Crippen LogP contribution in [0.3, 0.4) is 0 Å². The van der Waals surface area contributed by atoms with E-state index in [0.717, 1.165) is 12.1 Å². The molecule has 0 aliphatic carbocycles. The fourth-order valence-electron chi connectivity index (χ4n) is 3.12. The van der Waals surface area contributed by atoms with Crippen LogP contribution in [0.25, 0.3) is 0 Å². The van der Waals surface area contributed by atoms with E-state index in [1.807, 2.05) is 0 Å². The van der Waals surface area contributed by atoms with Gasteiger partial charge in [0, 0.05) is 17.2 Å².